The summed E-state index contributed by atoms with van der Waals surface area (Å²) in [5.41, 5.74) is -0.150. The first kappa shape index (κ1) is 11.7. The Hall–Kier alpha value is -0.380. The van der Waals surface area contributed by atoms with Gasteiger partial charge in [-0.15, -0.1) is 0 Å². The number of hydrogen-bond acceptors (Lipinski definition) is 3. The lowest BCUT2D eigenvalue weighted by molar-refractivity contribution is 0.0633. The van der Waals surface area contributed by atoms with Crippen LogP contribution >= 0.6 is 11.8 Å². The summed E-state index contributed by atoms with van der Waals surface area (Å²) in [7, 11) is 1.45. The average Bonchev–Trinajstić information content (AvgIpc) is 2.54. The molecule has 0 saturated carbocycles. The largest absolute Gasteiger partial charge is 0.453 e. The van der Waals surface area contributed by atoms with Gasteiger partial charge in [-0.1, -0.05) is 0 Å². The lowest BCUT2D eigenvalue weighted by Gasteiger charge is -2.38. The second kappa shape index (κ2) is 4.43. The summed E-state index contributed by atoms with van der Waals surface area (Å²) in [6, 6.07) is 0.340. The summed E-state index contributed by atoms with van der Waals surface area (Å²) < 4.78 is 4.83. The molecule has 1 fully saturated rings. The fourth-order valence-electron chi connectivity index (χ4n) is 1.79. The predicted molar refractivity (Wildman–Crippen MR) is 59.7 cm³/mol. The van der Waals surface area contributed by atoms with Gasteiger partial charge >= 0.3 is 6.09 Å². The topological polar surface area (TPSA) is 29.5 Å². The molecule has 1 rings (SSSR count). The number of thioether (sulfide) groups is 1. The molecule has 1 heterocycles. The minimum atomic E-state index is -0.204. The van der Waals surface area contributed by atoms with Gasteiger partial charge < -0.3 is 4.74 Å². The third kappa shape index (κ3) is 2.56. The van der Waals surface area contributed by atoms with Crippen LogP contribution in [0.4, 0.5) is 4.79 Å². The van der Waals surface area contributed by atoms with Gasteiger partial charge in [0.05, 0.1) is 7.11 Å². The molecular formula is C10H19NO2S. The molecule has 0 aromatic rings. The lowest BCUT2D eigenvalue weighted by Crippen LogP contribution is -2.51. The standard InChI is InChI=1S/C10H19NO2S/c1-10(2,3)11(9(12)13-4)8-5-6-14-7-8/h8H,5-7H2,1-4H3/t8-/m1/s1. The highest BCUT2D eigenvalue weighted by molar-refractivity contribution is 7.99. The SMILES string of the molecule is COC(=O)N([C@@H]1CCSC1)C(C)(C)C. The van der Waals surface area contributed by atoms with Crippen molar-refractivity contribution in [2.75, 3.05) is 18.6 Å². The molecule has 14 heavy (non-hydrogen) atoms. The van der Waals surface area contributed by atoms with E-state index in [1.165, 1.54) is 7.11 Å². The molecule has 3 nitrogen and oxygen atoms in total. The van der Waals surface area contributed by atoms with E-state index in [4.69, 9.17) is 4.74 Å². The van der Waals surface area contributed by atoms with Gasteiger partial charge in [-0.3, -0.25) is 4.90 Å². The number of rotatable bonds is 1. The van der Waals surface area contributed by atoms with Crippen LogP contribution in [-0.4, -0.2) is 41.2 Å². The van der Waals surface area contributed by atoms with Gasteiger partial charge in [-0.25, -0.2) is 4.79 Å². The highest BCUT2D eigenvalue weighted by atomic mass is 32.2. The maximum Gasteiger partial charge on any atom is 0.410 e. The van der Waals surface area contributed by atoms with E-state index in [-0.39, 0.29) is 11.6 Å². The Balaban J connectivity index is 2.75. The second-order valence-corrected chi connectivity index (χ2v) is 5.68. The van der Waals surface area contributed by atoms with Crippen LogP contribution in [0.1, 0.15) is 27.2 Å². The average molecular weight is 217 g/mol. The van der Waals surface area contributed by atoms with Gasteiger partial charge in [0.1, 0.15) is 0 Å². The Labute approximate surface area is 90.2 Å². The van der Waals surface area contributed by atoms with Gasteiger partial charge in [0, 0.05) is 17.3 Å². The van der Waals surface area contributed by atoms with Crippen molar-refractivity contribution < 1.29 is 9.53 Å². The number of nitrogens with zero attached hydrogens (tertiary/aromatic N) is 1. The van der Waals surface area contributed by atoms with E-state index in [1.807, 2.05) is 37.4 Å². The first-order valence-electron chi connectivity index (χ1n) is 4.92. The maximum absolute atomic E-state index is 11.6. The molecule has 1 aliphatic rings. The van der Waals surface area contributed by atoms with Crippen molar-refractivity contribution in [1.82, 2.24) is 4.90 Å². The van der Waals surface area contributed by atoms with Gasteiger partial charge in [0.25, 0.3) is 0 Å². The Morgan fingerprint density at radius 2 is 2.14 bits per heavy atom. The first-order valence-corrected chi connectivity index (χ1v) is 6.07. The minimum Gasteiger partial charge on any atom is -0.453 e. The molecule has 1 atom stereocenters. The number of amides is 1. The van der Waals surface area contributed by atoms with Gasteiger partial charge in [0.15, 0.2) is 0 Å². The van der Waals surface area contributed by atoms with Crippen molar-refractivity contribution in [3.8, 4) is 0 Å². The molecular weight excluding hydrogens is 198 g/mol. The fourth-order valence-corrected chi connectivity index (χ4v) is 2.99. The summed E-state index contributed by atoms with van der Waals surface area (Å²) in [6.45, 7) is 6.15. The van der Waals surface area contributed by atoms with Crippen LogP contribution in [0, 0.1) is 0 Å². The van der Waals surface area contributed by atoms with Crippen LogP contribution in [-0.2, 0) is 4.74 Å². The monoisotopic (exact) mass is 217 g/mol. The highest BCUT2D eigenvalue weighted by Gasteiger charge is 2.35. The van der Waals surface area contributed by atoms with E-state index in [9.17, 15) is 4.79 Å². The van der Waals surface area contributed by atoms with E-state index >= 15 is 0 Å². The fraction of sp³-hybridized carbons (Fsp3) is 0.900. The van der Waals surface area contributed by atoms with Crippen molar-refractivity contribution >= 4 is 17.9 Å². The summed E-state index contributed by atoms with van der Waals surface area (Å²) in [4.78, 5) is 13.5. The van der Waals surface area contributed by atoms with Crippen molar-refractivity contribution in [3.63, 3.8) is 0 Å². The zero-order valence-corrected chi connectivity index (χ0v) is 10.2. The van der Waals surface area contributed by atoms with E-state index in [0.717, 1.165) is 17.9 Å². The number of carbonyl (C=O) groups is 1. The van der Waals surface area contributed by atoms with Crippen LogP contribution in [0.25, 0.3) is 0 Å². The second-order valence-electron chi connectivity index (χ2n) is 4.53. The van der Waals surface area contributed by atoms with E-state index in [2.05, 4.69) is 0 Å². The molecule has 0 aliphatic carbocycles. The molecule has 0 unspecified atom stereocenters. The summed E-state index contributed by atoms with van der Waals surface area (Å²) in [6.07, 6.45) is 0.877. The van der Waals surface area contributed by atoms with Crippen molar-refractivity contribution in [1.29, 1.82) is 0 Å². The predicted octanol–water partition coefficient (Wildman–Crippen LogP) is 2.36. The van der Waals surface area contributed by atoms with Gasteiger partial charge in [-0.2, -0.15) is 11.8 Å². The molecule has 0 bridgehead atoms. The van der Waals surface area contributed by atoms with Crippen LogP contribution in [0.5, 0.6) is 0 Å². The van der Waals surface area contributed by atoms with Crippen molar-refractivity contribution in [2.24, 2.45) is 0 Å². The summed E-state index contributed by atoms with van der Waals surface area (Å²) in [5.74, 6) is 2.18. The number of carbonyl (C=O) groups excluding carboxylic acids is 1. The third-order valence-electron chi connectivity index (χ3n) is 2.36. The molecule has 0 radical (unpaired) electrons. The summed E-state index contributed by atoms with van der Waals surface area (Å²) >= 11 is 1.91. The normalized spacial score (nSPS) is 22.1. The lowest BCUT2D eigenvalue weighted by atomic mass is 10.0. The molecule has 4 heteroatoms. The Kier molecular flexibility index (Phi) is 3.70. The summed E-state index contributed by atoms with van der Waals surface area (Å²) in [5, 5.41) is 0. The molecule has 1 aliphatic heterocycles. The molecule has 0 aromatic carbocycles. The molecule has 0 spiro atoms. The van der Waals surface area contributed by atoms with Gasteiger partial charge in [0.2, 0.25) is 0 Å². The van der Waals surface area contributed by atoms with Gasteiger partial charge in [-0.05, 0) is 32.9 Å². The Morgan fingerprint density at radius 3 is 2.50 bits per heavy atom. The van der Waals surface area contributed by atoms with E-state index in [1.54, 1.807) is 0 Å². The Morgan fingerprint density at radius 1 is 1.50 bits per heavy atom. The molecule has 0 N–H and O–H groups in total. The third-order valence-corrected chi connectivity index (χ3v) is 3.51. The Bertz CT molecular complexity index is 207. The van der Waals surface area contributed by atoms with Crippen LogP contribution in [0.2, 0.25) is 0 Å². The van der Waals surface area contributed by atoms with Crippen molar-refractivity contribution in [3.05, 3.63) is 0 Å². The number of hydrogen-bond donors (Lipinski definition) is 0. The van der Waals surface area contributed by atoms with Crippen LogP contribution in [0.3, 0.4) is 0 Å². The number of ether oxygens (including phenoxy) is 1. The number of methoxy groups -OCH3 is 1. The van der Waals surface area contributed by atoms with Crippen LogP contribution < -0.4 is 0 Å². The van der Waals surface area contributed by atoms with Crippen LogP contribution in [0.15, 0.2) is 0 Å². The molecule has 0 aromatic heterocycles. The zero-order valence-electron chi connectivity index (χ0n) is 9.37. The zero-order chi connectivity index (χ0) is 10.8. The smallest absolute Gasteiger partial charge is 0.410 e. The maximum atomic E-state index is 11.6. The molecule has 1 amide bonds. The molecule has 1 saturated heterocycles. The van der Waals surface area contributed by atoms with Crippen molar-refractivity contribution in [2.45, 2.75) is 38.8 Å². The highest BCUT2D eigenvalue weighted by Crippen LogP contribution is 2.28. The first-order chi connectivity index (χ1) is 6.46. The molecule has 82 valence electrons. The quantitative estimate of drug-likeness (QED) is 0.675. The van der Waals surface area contributed by atoms with E-state index in [0.29, 0.717) is 6.04 Å². The minimum absolute atomic E-state index is 0.150. The van der Waals surface area contributed by atoms with E-state index < -0.39 is 0 Å².